The fourth-order valence-corrected chi connectivity index (χ4v) is 3.40. The van der Waals surface area contributed by atoms with Gasteiger partial charge in [0.1, 0.15) is 0 Å². The summed E-state index contributed by atoms with van der Waals surface area (Å²) in [6.07, 6.45) is 1.60. The first-order chi connectivity index (χ1) is 10.1. The molecule has 21 heavy (non-hydrogen) atoms. The molecule has 0 saturated carbocycles. The number of aliphatic hydroxyl groups is 1. The molecule has 3 rings (SSSR count). The molecule has 1 aromatic heterocycles. The summed E-state index contributed by atoms with van der Waals surface area (Å²) < 4.78 is 5.46. The van der Waals surface area contributed by atoms with E-state index in [1.807, 2.05) is 0 Å². The van der Waals surface area contributed by atoms with Crippen molar-refractivity contribution in [3.05, 3.63) is 47.1 Å². The second-order valence-corrected chi connectivity index (χ2v) is 6.29. The Morgan fingerprint density at radius 2 is 2.00 bits per heavy atom. The van der Waals surface area contributed by atoms with Crippen LogP contribution in [0.25, 0.3) is 0 Å². The van der Waals surface area contributed by atoms with E-state index in [0.717, 1.165) is 18.7 Å². The lowest BCUT2D eigenvalue weighted by atomic mass is 9.91. The van der Waals surface area contributed by atoms with E-state index in [-0.39, 0.29) is 17.8 Å². The highest BCUT2D eigenvalue weighted by Gasteiger charge is 2.31. The molecule has 0 aliphatic heterocycles. The Hall–Kier alpha value is -1.68. The maximum atomic E-state index is 9.94. The van der Waals surface area contributed by atoms with Gasteiger partial charge in [-0.2, -0.15) is 4.98 Å². The van der Waals surface area contributed by atoms with E-state index in [1.165, 1.54) is 11.1 Å². The van der Waals surface area contributed by atoms with Crippen molar-refractivity contribution < 1.29 is 9.63 Å². The Morgan fingerprint density at radius 1 is 1.24 bits per heavy atom. The van der Waals surface area contributed by atoms with Crippen LogP contribution in [-0.2, 0) is 6.42 Å². The molecule has 3 unspecified atom stereocenters. The van der Waals surface area contributed by atoms with Gasteiger partial charge in [-0.15, -0.1) is 0 Å². The van der Waals surface area contributed by atoms with Crippen LogP contribution in [0.15, 0.2) is 28.8 Å². The summed E-state index contributed by atoms with van der Waals surface area (Å²) >= 11 is 0. The van der Waals surface area contributed by atoms with E-state index in [9.17, 15) is 5.11 Å². The predicted molar refractivity (Wildman–Crippen MR) is 80.2 cm³/mol. The third kappa shape index (κ3) is 2.60. The number of aromatic nitrogens is 2. The minimum absolute atomic E-state index is 0.108. The minimum atomic E-state index is -0.492. The van der Waals surface area contributed by atoms with Crippen LogP contribution >= 0.6 is 0 Å². The normalized spacial score (nSPS) is 20.5. The molecule has 0 amide bonds. The lowest BCUT2D eigenvalue weighted by Crippen LogP contribution is -2.20. The number of benzene rings is 1. The highest BCUT2D eigenvalue weighted by Crippen LogP contribution is 2.37. The average molecular weight is 286 g/mol. The molecular formula is C17H22N2O2. The first kappa shape index (κ1) is 14.3. The first-order valence-corrected chi connectivity index (χ1v) is 7.67. The van der Waals surface area contributed by atoms with Crippen molar-refractivity contribution >= 4 is 0 Å². The molecule has 4 heteroatoms. The van der Waals surface area contributed by atoms with Crippen LogP contribution in [0.5, 0.6) is 0 Å². The molecule has 1 heterocycles. The number of rotatable bonds is 4. The van der Waals surface area contributed by atoms with Gasteiger partial charge in [-0.25, -0.2) is 0 Å². The van der Waals surface area contributed by atoms with Gasteiger partial charge in [-0.3, -0.25) is 0 Å². The van der Waals surface area contributed by atoms with E-state index in [1.54, 1.807) is 6.92 Å². The van der Waals surface area contributed by atoms with Gasteiger partial charge in [0, 0.05) is 5.92 Å². The van der Waals surface area contributed by atoms with Crippen LogP contribution in [0.3, 0.4) is 0 Å². The molecular weight excluding hydrogens is 264 g/mol. The summed E-state index contributed by atoms with van der Waals surface area (Å²) in [6, 6.07) is 8.46. The Morgan fingerprint density at radius 3 is 2.71 bits per heavy atom. The predicted octanol–water partition coefficient (Wildman–Crippen LogP) is 3.27. The standard InChI is InChI=1S/C17H22N2O2/c1-10(2)15(11(3)20)17-18-16(19-21-17)14-9-8-12-6-4-5-7-13(12)14/h4-7,10-11,14-15,20H,8-9H2,1-3H3. The molecule has 1 aliphatic carbocycles. The fourth-order valence-electron chi connectivity index (χ4n) is 3.40. The fraction of sp³-hybridized carbons (Fsp3) is 0.529. The summed E-state index contributed by atoms with van der Waals surface area (Å²) in [5.74, 6) is 1.68. The van der Waals surface area contributed by atoms with Gasteiger partial charge >= 0.3 is 0 Å². The molecule has 1 aliphatic rings. The maximum Gasteiger partial charge on any atom is 0.232 e. The van der Waals surface area contributed by atoms with Crippen LogP contribution < -0.4 is 0 Å². The van der Waals surface area contributed by atoms with E-state index in [4.69, 9.17) is 4.52 Å². The summed E-state index contributed by atoms with van der Waals surface area (Å²) in [5.41, 5.74) is 2.69. The number of fused-ring (bicyclic) bond motifs is 1. The zero-order chi connectivity index (χ0) is 15.0. The van der Waals surface area contributed by atoms with Crippen molar-refractivity contribution in [3.63, 3.8) is 0 Å². The molecule has 1 aromatic carbocycles. The van der Waals surface area contributed by atoms with Crippen LogP contribution in [0.1, 0.15) is 61.9 Å². The largest absolute Gasteiger partial charge is 0.393 e. The van der Waals surface area contributed by atoms with Gasteiger partial charge < -0.3 is 9.63 Å². The summed E-state index contributed by atoms with van der Waals surface area (Å²) in [4.78, 5) is 4.60. The van der Waals surface area contributed by atoms with Crippen LogP contribution in [0, 0.1) is 5.92 Å². The van der Waals surface area contributed by atoms with Crippen LogP contribution in [0.2, 0.25) is 0 Å². The smallest absolute Gasteiger partial charge is 0.232 e. The third-order valence-corrected chi connectivity index (χ3v) is 4.43. The SMILES string of the molecule is CC(C)C(c1nc(C2CCc3ccccc32)no1)C(C)O. The maximum absolute atomic E-state index is 9.94. The molecule has 3 atom stereocenters. The van der Waals surface area contributed by atoms with E-state index in [0.29, 0.717) is 5.89 Å². The summed E-state index contributed by atoms with van der Waals surface area (Å²) in [7, 11) is 0. The lowest BCUT2D eigenvalue weighted by molar-refractivity contribution is 0.120. The topological polar surface area (TPSA) is 59.2 Å². The van der Waals surface area contributed by atoms with E-state index < -0.39 is 6.10 Å². The Bertz CT molecular complexity index is 611. The number of aryl methyl sites for hydroxylation is 1. The Kier molecular flexibility index (Phi) is 3.81. The third-order valence-electron chi connectivity index (χ3n) is 4.43. The molecule has 112 valence electrons. The molecule has 1 N–H and O–H groups in total. The van der Waals surface area contributed by atoms with Gasteiger partial charge in [0.05, 0.1) is 12.0 Å². The molecule has 4 nitrogen and oxygen atoms in total. The van der Waals surface area contributed by atoms with Gasteiger partial charge in [-0.1, -0.05) is 43.3 Å². The number of hydrogen-bond donors (Lipinski definition) is 1. The van der Waals surface area contributed by atoms with Crippen molar-refractivity contribution in [2.24, 2.45) is 5.92 Å². The second kappa shape index (κ2) is 5.60. The van der Waals surface area contributed by atoms with E-state index >= 15 is 0 Å². The molecule has 0 spiro atoms. The van der Waals surface area contributed by atoms with Crippen LogP contribution in [-0.4, -0.2) is 21.4 Å². The quantitative estimate of drug-likeness (QED) is 0.937. The first-order valence-electron chi connectivity index (χ1n) is 7.67. The molecule has 0 bridgehead atoms. The summed E-state index contributed by atoms with van der Waals surface area (Å²) in [5, 5.41) is 14.1. The van der Waals surface area contributed by atoms with Crippen LogP contribution in [0.4, 0.5) is 0 Å². The monoisotopic (exact) mass is 286 g/mol. The molecule has 2 aromatic rings. The van der Waals surface area contributed by atoms with Crippen molar-refractivity contribution in [2.45, 2.75) is 51.6 Å². The molecule has 0 radical (unpaired) electrons. The highest BCUT2D eigenvalue weighted by atomic mass is 16.5. The lowest BCUT2D eigenvalue weighted by Gasteiger charge is -2.19. The van der Waals surface area contributed by atoms with Crippen molar-refractivity contribution in [2.75, 3.05) is 0 Å². The van der Waals surface area contributed by atoms with Gasteiger partial charge in [-0.05, 0) is 36.8 Å². The van der Waals surface area contributed by atoms with Gasteiger partial charge in [0.25, 0.3) is 0 Å². The van der Waals surface area contributed by atoms with Crippen molar-refractivity contribution in [1.82, 2.24) is 10.1 Å². The van der Waals surface area contributed by atoms with Crippen molar-refractivity contribution in [3.8, 4) is 0 Å². The number of aliphatic hydroxyl groups excluding tert-OH is 1. The second-order valence-electron chi connectivity index (χ2n) is 6.29. The number of hydrogen-bond acceptors (Lipinski definition) is 4. The van der Waals surface area contributed by atoms with Crippen molar-refractivity contribution in [1.29, 1.82) is 0 Å². The highest BCUT2D eigenvalue weighted by molar-refractivity contribution is 5.38. The summed E-state index contributed by atoms with van der Waals surface area (Å²) in [6.45, 7) is 5.90. The Labute approximate surface area is 125 Å². The molecule has 0 fully saturated rings. The minimum Gasteiger partial charge on any atom is -0.393 e. The van der Waals surface area contributed by atoms with Gasteiger partial charge in [0.2, 0.25) is 5.89 Å². The van der Waals surface area contributed by atoms with Gasteiger partial charge in [0.15, 0.2) is 5.82 Å². The zero-order valence-corrected chi connectivity index (χ0v) is 12.8. The zero-order valence-electron chi connectivity index (χ0n) is 12.8. The average Bonchev–Trinajstić information content (AvgIpc) is 3.04. The van der Waals surface area contributed by atoms with E-state index in [2.05, 4.69) is 48.3 Å². The number of nitrogens with zero attached hydrogens (tertiary/aromatic N) is 2. The Balaban J connectivity index is 1.89. The molecule has 0 saturated heterocycles.